The molecule has 3 nitrogen and oxygen atoms in total. The topological polar surface area (TPSA) is 38.3 Å². The Morgan fingerprint density at radius 2 is 2.06 bits per heavy atom. The van der Waals surface area contributed by atoms with E-state index in [1.807, 2.05) is 0 Å². The summed E-state index contributed by atoms with van der Waals surface area (Å²) in [6.45, 7) is 6.11. The first-order chi connectivity index (χ1) is 7.66. The van der Waals surface area contributed by atoms with Crippen LogP contribution in [-0.2, 0) is 9.53 Å². The zero-order valence-corrected chi connectivity index (χ0v) is 10.4. The van der Waals surface area contributed by atoms with Gasteiger partial charge in [0.25, 0.3) is 0 Å². The SMILES string of the molecule is CC1CCCC(OC(=O)[C@@H]2CNC[C@H]2C)C1. The predicted octanol–water partition coefficient (Wildman–Crippen LogP) is 1.96. The fraction of sp³-hybridized carbons (Fsp3) is 0.923. The fourth-order valence-corrected chi connectivity index (χ4v) is 2.86. The van der Waals surface area contributed by atoms with E-state index in [0.717, 1.165) is 25.9 Å². The van der Waals surface area contributed by atoms with Crippen molar-refractivity contribution in [3.05, 3.63) is 0 Å². The van der Waals surface area contributed by atoms with Crippen molar-refractivity contribution < 1.29 is 9.53 Å². The molecule has 92 valence electrons. The molecule has 0 aromatic carbocycles. The highest BCUT2D eigenvalue weighted by Gasteiger charge is 2.33. The Kier molecular flexibility index (Phi) is 3.85. The molecule has 0 amide bonds. The van der Waals surface area contributed by atoms with Crippen molar-refractivity contribution in [2.24, 2.45) is 17.8 Å². The molecule has 1 aliphatic heterocycles. The number of hydrogen-bond acceptors (Lipinski definition) is 3. The summed E-state index contributed by atoms with van der Waals surface area (Å²) in [5.41, 5.74) is 0. The summed E-state index contributed by atoms with van der Waals surface area (Å²) in [7, 11) is 0. The zero-order valence-electron chi connectivity index (χ0n) is 10.4. The van der Waals surface area contributed by atoms with Crippen LogP contribution in [-0.4, -0.2) is 25.2 Å². The molecule has 1 saturated heterocycles. The molecular formula is C13H23NO2. The van der Waals surface area contributed by atoms with Crippen LogP contribution >= 0.6 is 0 Å². The molecule has 0 radical (unpaired) electrons. The van der Waals surface area contributed by atoms with Crippen LogP contribution in [0.25, 0.3) is 0 Å². The van der Waals surface area contributed by atoms with Crippen LogP contribution in [0.4, 0.5) is 0 Å². The maximum atomic E-state index is 12.0. The monoisotopic (exact) mass is 225 g/mol. The normalized spacial score (nSPS) is 39.6. The summed E-state index contributed by atoms with van der Waals surface area (Å²) in [5, 5.41) is 3.25. The van der Waals surface area contributed by atoms with E-state index in [2.05, 4.69) is 19.2 Å². The molecule has 1 aliphatic carbocycles. The average molecular weight is 225 g/mol. The summed E-state index contributed by atoms with van der Waals surface area (Å²) < 4.78 is 5.64. The van der Waals surface area contributed by atoms with Gasteiger partial charge in [0.05, 0.1) is 5.92 Å². The van der Waals surface area contributed by atoms with E-state index in [9.17, 15) is 4.79 Å². The second-order valence-corrected chi connectivity index (χ2v) is 5.57. The lowest BCUT2D eigenvalue weighted by Crippen LogP contribution is -2.30. The Morgan fingerprint density at radius 1 is 1.25 bits per heavy atom. The van der Waals surface area contributed by atoms with Crippen molar-refractivity contribution in [2.75, 3.05) is 13.1 Å². The summed E-state index contributed by atoms with van der Waals surface area (Å²) >= 11 is 0. The molecule has 0 aromatic rings. The third-order valence-corrected chi connectivity index (χ3v) is 3.99. The van der Waals surface area contributed by atoms with Crippen molar-refractivity contribution in [1.29, 1.82) is 0 Å². The van der Waals surface area contributed by atoms with Crippen molar-refractivity contribution in [3.8, 4) is 0 Å². The number of ether oxygens (including phenoxy) is 1. The molecule has 2 unspecified atom stereocenters. The van der Waals surface area contributed by atoms with Crippen molar-refractivity contribution in [1.82, 2.24) is 5.32 Å². The van der Waals surface area contributed by atoms with Crippen LogP contribution in [0.2, 0.25) is 0 Å². The molecule has 16 heavy (non-hydrogen) atoms. The van der Waals surface area contributed by atoms with Crippen molar-refractivity contribution in [2.45, 2.75) is 45.6 Å². The quantitative estimate of drug-likeness (QED) is 0.730. The van der Waals surface area contributed by atoms with Gasteiger partial charge in [-0.2, -0.15) is 0 Å². The second-order valence-electron chi connectivity index (χ2n) is 5.57. The number of carbonyl (C=O) groups is 1. The Bertz CT molecular complexity index is 254. The van der Waals surface area contributed by atoms with E-state index < -0.39 is 0 Å². The van der Waals surface area contributed by atoms with Crippen molar-refractivity contribution in [3.63, 3.8) is 0 Å². The van der Waals surface area contributed by atoms with E-state index in [1.54, 1.807) is 0 Å². The fourth-order valence-electron chi connectivity index (χ4n) is 2.86. The molecule has 2 fully saturated rings. The van der Waals surface area contributed by atoms with Crippen LogP contribution in [0.1, 0.15) is 39.5 Å². The lowest BCUT2D eigenvalue weighted by atomic mass is 9.88. The summed E-state index contributed by atoms with van der Waals surface area (Å²) in [5.74, 6) is 1.24. The van der Waals surface area contributed by atoms with E-state index in [1.165, 1.54) is 12.8 Å². The minimum atomic E-state index is 0.0246. The van der Waals surface area contributed by atoms with Gasteiger partial charge in [-0.05, 0) is 37.6 Å². The number of nitrogens with one attached hydrogen (secondary N) is 1. The molecule has 1 N–H and O–H groups in total. The van der Waals surface area contributed by atoms with Gasteiger partial charge in [0.2, 0.25) is 0 Å². The van der Waals surface area contributed by atoms with Crippen LogP contribution < -0.4 is 5.32 Å². The predicted molar refractivity (Wildman–Crippen MR) is 63.0 cm³/mol. The van der Waals surface area contributed by atoms with E-state index >= 15 is 0 Å². The Morgan fingerprint density at radius 3 is 2.69 bits per heavy atom. The number of esters is 1. The minimum Gasteiger partial charge on any atom is -0.462 e. The van der Waals surface area contributed by atoms with Gasteiger partial charge in [0.15, 0.2) is 0 Å². The maximum Gasteiger partial charge on any atom is 0.310 e. The largest absolute Gasteiger partial charge is 0.462 e. The third-order valence-electron chi connectivity index (χ3n) is 3.99. The van der Waals surface area contributed by atoms with Gasteiger partial charge in [-0.3, -0.25) is 4.79 Å². The molecule has 0 aromatic heterocycles. The lowest BCUT2D eigenvalue weighted by molar-refractivity contribution is -0.156. The number of rotatable bonds is 2. The van der Waals surface area contributed by atoms with Gasteiger partial charge < -0.3 is 10.1 Å². The van der Waals surface area contributed by atoms with Gasteiger partial charge in [0.1, 0.15) is 6.10 Å². The third kappa shape index (κ3) is 2.76. The standard InChI is InChI=1S/C13H23NO2/c1-9-4-3-5-11(6-9)16-13(15)12-8-14-7-10(12)2/h9-12,14H,3-8H2,1-2H3/t9?,10-,11?,12-/m1/s1. The number of carbonyl (C=O) groups excluding carboxylic acids is 1. The Labute approximate surface area is 97.9 Å². The summed E-state index contributed by atoms with van der Waals surface area (Å²) in [6.07, 6.45) is 4.79. The smallest absolute Gasteiger partial charge is 0.310 e. The van der Waals surface area contributed by atoms with Gasteiger partial charge in [-0.25, -0.2) is 0 Å². The highest BCUT2D eigenvalue weighted by Crippen LogP contribution is 2.27. The van der Waals surface area contributed by atoms with E-state index in [0.29, 0.717) is 11.8 Å². The van der Waals surface area contributed by atoms with E-state index in [-0.39, 0.29) is 18.0 Å². The highest BCUT2D eigenvalue weighted by molar-refractivity contribution is 5.73. The second kappa shape index (κ2) is 5.17. The molecule has 0 bridgehead atoms. The number of hydrogen-bond donors (Lipinski definition) is 1. The van der Waals surface area contributed by atoms with Crippen LogP contribution in [0.5, 0.6) is 0 Å². The first kappa shape index (κ1) is 11.9. The molecule has 2 rings (SSSR count). The van der Waals surface area contributed by atoms with E-state index in [4.69, 9.17) is 4.74 Å². The van der Waals surface area contributed by atoms with Gasteiger partial charge >= 0.3 is 5.97 Å². The summed E-state index contributed by atoms with van der Waals surface area (Å²) in [4.78, 5) is 12.0. The first-order valence-corrected chi connectivity index (χ1v) is 6.58. The zero-order chi connectivity index (χ0) is 11.5. The molecule has 1 heterocycles. The first-order valence-electron chi connectivity index (χ1n) is 6.58. The van der Waals surface area contributed by atoms with Crippen LogP contribution in [0, 0.1) is 17.8 Å². The molecule has 4 atom stereocenters. The van der Waals surface area contributed by atoms with Gasteiger partial charge in [-0.1, -0.05) is 20.3 Å². The van der Waals surface area contributed by atoms with Crippen molar-refractivity contribution >= 4 is 5.97 Å². The molecule has 3 heteroatoms. The van der Waals surface area contributed by atoms with Crippen LogP contribution in [0.3, 0.4) is 0 Å². The molecule has 0 spiro atoms. The Hall–Kier alpha value is -0.570. The highest BCUT2D eigenvalue weighted by atomic mass is 16.5. The molecule has 1 saturated carbocycles. The van der Waals surface area contributed by atoms with Crippen LogP contribution in [0.15, 0.2) is 0 Å². The lowest BCUT2D eigenvalue weighted by Gasteiger charge is -2.28. The Balaban J connectivity index is 1.82. The average Bonchev–Trinajstić information content (AvgIpc) is 2.64. The maximum absolute atomic E-state index is 12.0. The molecule has 2 aliphatic rings. The van der Waals surface area contributed by atoms with Gasteiger partial charge in [-0.15, -0.1) is 0 Å². The minimum absolute atomic E-state index is 0.0246. The van der Waals surface area contributed by atoms with Gasteiger partial charge in [0, 0.05) is 6.54 Å². The summed E-state index contributed by atoms with van der Waals surface area (Å²) in [6, 6.07) is 0. The molecular weight excluding hydrogens is 202 g/mol.